The molecule has 130 valence electrons. The molecule has 8 heteroatoms. The minimum absolute atomic E-state index is 0.164. The van der Waals surface area contributed by atoms with Gasteiger partial charge in [-0.15, -0.1) is 0 Å². The molecule has 0 bridgehead atoms. The summed E-state index contributed by atoms with van der Waals surface area (Å²) in [5.41, 5.74) is 1.07. The zero-order valence-corrected chi connectivity index (χ0v) is 13.5. The van der Waals surface area contributed by atoms with Crippen LogP contribution in [0, 0.1) is 0 Å². The number of halogens is 2. The molecule has 6 nitrogen and oxygen atoms in total. The fraction of sp³-hybridized carbons (Fsp3) is 0.375. The Kier molecular flexibility index (Phi) is 5.86. The lowest BCUT2D eigenvalue weighted by molar-refractivity contribution is 0.0720. The van der Waals surface area contributed by atoms with Crippen LogP contribution in [0.4, 0.5) is 19.3 Å². The number of carbonyl (C=O) groups excluding carboxylic acids is 1. The number of imidazole rings is 1. The third kappa shape index (κ3) is 4.51. The number of hydrogen-bond donors (Lipinski definition) is 2. The van der Waals surface area contributed by atoms with E-state index in [4.69, 9.17) is 0 Å². The second kappa shape index (κ2) is 7.87. The summed E-state index contributed by atoms with van der Waals surface area (Å²) in [5, 5.41) is 11.9. The van der Waals surface area contributed by atoms with E-state index in [2.05, 4.69) is 10.3 Å². The minimum Gasteiger partial charge on any atom is -0.393 e. The average molecular weight is 338 g/mol. The van der Waals surface area contributed by atoms with Gasteiger partial charge in [0.15, 0.2) is 0 Å². The topological polar surface area (TPSA) is 70.4 Å². The van der Waals surface area contributed by atoms with Crippen molar-refractivity contribution in [3.8, 4) is 11.4 Å². The van der Waals surface area contributed by atoms with E-state index in [0.29, 0.717) is 24.2 Å². The molecule has 2 amide bonds. The highest BCUT2D eigenvalue weighted by Gasteiger charge is 2.14. The number of benzene rings is 1. The Morgan fingerprint density at radius 3 is 2.62 bits per heavy atom. The van der Waals surface area contributed by atoms with E-state index in [-0.39, 0.29) is 11.9 Å². The van der Waals surface area contributed by atoms with Crippen LogP contribution >= 0.6 is 0 Å². The fourth-order valence-electron chi connectivity index (χ4n) is 2.10. The Labute approximate surface area is 138 Å². The zero-order chi connectivity index (χ0) is 17.7. The fourth-order valence-corrected chi connectivity index (χ4v) is 2.10. The van der Waals surface area contributed by atoms with E-state index in [9.17, 15) is 18.7 Å². The highest BCUT2D eigenvalue weighted by molar-refractivity contribution is 5.89. The highest BCUT2D eigenvalue weighted by atomic mass is 19.3. The third-order valence-corrected chi connectivity index (χ3v) is 3.50. The summed E-state index contributed by atoms with van der Waals surface area (Å²) < 4.78 is 26.5. The smallest absolute Gasteiger partial charge is 0.321 e. The Bertz CT molecular complexity index is 671. The summed E-state index contributed by atoms with van der Waals surface area (Å²) in [6.07, 6.45) is 2.54. The number of hydrogen-bond acceptors (Lipinski definition) is 3. The standard InChI is InChI=1S/C16H20F2N4O2/c1-11(23)7-9-21(2)16(24)20-13-5-3-12(4-6-13)14-19-8-10-22(14)15(17)18/h3-6,8,10-11,15,23H,7,9H2,1-2H3,(H,20,24). The lowest BCUT2D eigenvalue weighted by Gasteiger charge is -2.18. The van der Waals surface area contributed by atoms with Crippen molar-refractivity contribution in [3.63, 3.8) is 0 Å². The maximum absolute atomic E-state index is 12.9. The number of anilines is 1. The lowest BCUT2D eigenvalue weighted by atomic mass is 10.2. The number of amides is 2. The Morgan fingerprint density at radius 2 is 2.04 bits per heavy atom. The Hall–Kier alpha value is -2.48. The number of aromatic nitrogens is 2. The van der Waals surface area contributed by atoms with Gasteiger partial charge in [-0.3, -0.25) is 4.57 Å². The second-order valence-corrected chi connectivity index (χ2v) is 5.50. The molecule has 0 radical (unpaired) electrons. The predicted octanol–water partition coefficient (Wildman–Crippen LogP) is 3.18. The first-order valence-electron chi connectivity index (χ1n) is 7.50. The summed E-state index contributed by atoms with van der Waals surface area (Å²) in [6, 6.07) is 6.18. The van der Waals surface area contributed by atoms with Crippen LogP contribution in [0.3, 0.4) is 0 Å². The normalized spacial score (nSPS) is 12.2. The largest absolute Gasteiger partial charge is 0.393 e. The predicted molar refractivity (Wildman–Crippen MR) is 86.9 cm³/mol. The maximum Gasteiger partial charge on any atom is 0.321 e. The van der Waals surface area contributed by atoms with Gasteiger partial charge < -0.3 is 15.3 Å². The molecule has 2 N–H and O–H groups in total. The molecule has 0 saturated carbocycles. The van der Waals surface area contributed by atoms with Crippen molar-refractivity contribution in [2.75, 3.05) is 18.9 Å². The molecule has 1 aromatic heterocycles. The van der Waals surface area contributed by atoms with Gasteiger partial charge in [-0.2, -0.15) is 8.78 Å². The maximum atomic E-state index is 12.9. The van der Waals surface area contributed by atoms with E-state index in [1.165, 1.54) is 17.3 Å². The van der Waals surface area contributed by atoms with E-state index in [0.717, 1.165) is 4.57 Å². The molecule has 0 aliphatic carbocycles. The van der Waals surface area contributed by atoms with Gasteiger partial charge in [-0.05, 0) is 37.6 Å². The first kappa shape index (κ1) is 17.9. The van der Waals surface area contributed by atoms with Crippen molar-refractivity contribution >= 4 is 11.7 Å². The number of alkyl halides is 2. The van der Waals surface area contributed by atoms with Crippen LogP contribution in [0.25, 0.3) is 11.4 Å². The zero-order valence-electron chi connectivity index (χ0n) is 13.5. The van der Waals surface area contributed by atoms with Crippen LogP contribution in [-0.2, 0) is 0 Å². The monoisotopic (exact) mass is 338 g/mol. The number of rotatable bonds is 6. The number of nitrogens with one attached hydrogen (secondary N) is 1. The van der Waals surface area contributed by atoms with E-state index in [1.54, 1.807) is 38.2 Å². The summed E-state index contributed by atoms with van der Waals surface area (Å²) in [7, 11) is 1.63. The van der Waals surface area contributed by atoms with Gasteiger partial charge >= 0.3 is 12.6 Å². The number of urea groups is 1. The van der Waals surface area contributed by atoms with Crippen LogP contribution < -0.4 is 5.32 Å². The number of aliphatic hydroxyl groups excluding tert-OH is 1. The van der Waals surface area contributed by atoms with Gasteiger partial charge in [0.05, 0.1) is 6.10 Å². The summed E-state index contributed by atoms with van der Waals surface area (Å²) in [6.45, 7) is -0.578. The molecule has 1 atom stereocenters. The quantitative estimate of drug-likeness (QED) is 0.850. The highest BCUT2D eigenvalue weighted by Crippen LogP contribution is 2.24. The summed E-state index contributed by atoms with van der Waals surface area (Å²) in [4.78, 5) is 17.4. The first-order valence-corrected chi connectivity index (χ1v) is 7.50. The van der Waals surface area contributed by atoms with Crippen molar-refractivity contribution in [2.45, 2.75) is 26.0 Å². The van der Waals surface area contributed by atoms with Crippen LogP contribution in [0.1, 0.15) is 19.9 Å². The average Bonchev–Trinajstić information content (AvgIpc) is 3.03. The summed E-state index contributed by atoms with van der Waals surface area (Å²) in [5.74, 6) is 0.164. The molecule has 1 aromatic carbocycles. The van der Waals surface area contributed by atoms with Crippen molar-refractivity contribution in [2.24, 2.45) is 0 Å². The van der Waals surface area contributed by atoms with Gasteiger partial charge in [-0.1, -0.05) is 0 Å². The molecular weight excluding hydrogens is 318 g/mol. The van der Waals surface area contributed by atoms with Crippen LogP contribution in [0.2, 0.25) is 0 Å². The van der Waals surface area contributed by atoms with E-state index in [1.807, 2.05) is 0 Å². The number of aliphatic hydroxyl groups is 1. The van der Waals surface area contributed by atoms with Crippen molar-refractivity contribution in [1.82, 2.24) is 14.5 Å². The van der Waals surface area contributed by atoms with E-state index < -0.39 is 12.7 Å². The van der Waals surface area contributed by atoms with Gasteiger partial charge in [0.1, 0.15) is 5.82 Å². The van der Waals surface area contributed by atoms with Gasteiger partial charge in [-0.25, -0.2) is 9.78 Å². The van der Waals surface area contributed by atoms with Crippen molar-refractivity contribution < 1.29 is 18.7 Å². The molecule has 0 spiro atoms. The van der Waals surface area contributed by atoms with Crippen LogP contribution in [0.5, 0.6) is 0 Å². The molecule has 0 fully saturated rings. The Morgan fingerprint density at radius 1 is 1.38 bits per heavy atom. The molecule has 1 unspecified atom stereocenters. The molecule has 0 aliphatic rings. The SMILES string of the molecule is CC(O)CCN(C)C(=O)Nc1ccc(-c2nccn2C(F)F)cc1. The molecule has 1 heterocycles. The van der Waals surface area contributed by atoms with Gasteiger partial charge in [0.2, 0.25) is 0 Å². The van der Waals surface area contributed by atoms with Crippen LogP contribution in [-0.4, -0.2) is 45.3 Å². The third-order valence-electron chi connectivity index (χ3n) is 3.50. The molecule has 24 heavy (non-hydrogen) atoms. The molecule has 0 aliphatic heterocycles. The van der Waals surface area contributed by atoms with Crippen molar-refractivity contribution in [3.05, 3.63) is 36.7 Å². The molecule has 0 saturated heterocycles. The molecule has 2 aromatic rings. The summed E-state index contributed by atoms with van der Waals surface area (Å²) >= 11 is 0. The van der Waals surface area contributed by atoms with Gasteiger partial charge in [0.25, 0.3) is 0 Å². The molecular formula is C16H20F2N4O2. The number of carbonyl (C=O) groups is 1. The van der Waals surface area contributed by atoms with Gasteiger partial charge in [0, 0.05) is 37.2 Å². The van der Waals surface area contributed by atoms with Crippen molar-refractivity contribution in [1.29, 1.82) is 0 Å². The number of nitrogens with zero attached hydrogens (tertiary/aromatic N) is 3. The van der Waals surface area contributed by atoms with E-state index >= 15 is 0 Å². The first-order chi connectivity index (χ1) is 11.4. The van der Waals surface area contributed by atoms with Crippen LogP contribution in [0.15, 0.2) is 36.7 Å². The molecule has 2 rings (SSSR count). The minimum atomic E-state index is -2.66. The Balaban J connectivity index is 2.02. The lowest BCUT2D eigenvalue weighted by Crippen LogP contribution is -2.33. The second-order valence-electron chi connectivity index (χ2n) is 5.50.